The largest absolute Gasteiger partial charge is 0.497 e. The Hall–Kier alpha value is -2.52. The molecule has 0 amide bonds. The number of anilines is 1. The molecule has 0 fully saturated rings. The number of hydrogen-bond donors (Lipinski definition) is 0. The summed E-state index contributed by atoms with van der Waals surface area (Å²) in [6.07, 6.45) is 1.40. The Kier molecular flexibility index (Phi) is 5.79. The first-order chi connectivity index (χ1) is 12.6. The molecule has 0 aliphatic heterocycles. The topological polar surface area (TPSA) is 64.5 Å². The molecular weight excluding hydrogens is 377 g/mol. The molecule has 0 bridgehead atoms. The first kappa shape index (κ1) is 18.3. The first-order valence-electron chi connectivity index (χ1n) is 7.55. The van der Waals surface area contributed by atoms with Crippen LogP contribution >= 0.6 is 11.5 Å². The van der Waals surface area contributed by atoms with Gasteiger partial charge >= 0.3 is 0 Å². The molecule has 3 rings (SSSR count). The predicted octanol–water partition coefficient (Wildman–Crippen LogP) is 3.42. The summed E-state index contributed by atoms with van der Waals surface area (Å²) in [4.78, 5) is 4.63. The quantitative estimate of drug-likeness (QED) is 0.615. The van der Waals surface area contributed by atoms with E-state index in [2.05, 4.69) is 9.36 Å². The van der Waals surface area contributed by atoms with Crippen LogP contribution < -0.4 is 13.8 Å². The van der Waals surface area contributed by atoms with E-state index in [4.69, 9.17) is 9.47 Å². The van der Waals surface area contributed by atoms with Gasteiger partial charge in [-0.05, 0) is 36.4 Å². The van der Waals surface area contributed by atoms with Crippen LogP contribution in [-0.4, -0.2) is 27.8 Å². The SMILES string of the molecule is COc1ccc(CN(c2ncns2)S(=O)c2ccc(F)cc2)c(OC)c1. The summed E-state index contributed by atoms with van der Waals surface area (Å²) >= 11 is 1.13. The summed E-state index contributed by atoms with van der Waals surface area (Å²) in [7, 11) is 1.55. The van der Waals surface area contributed by atoms with Crippen molar-refractivity contribution in [2.24, 2.45) is 0 Å². The number of nitrogens with zero attached hydrogens (tertiary/aromatic N) is 3. The lowest BCUT2D eigenvalue weighted by molar-refractivity contribution is 0.391. The lowest BCUT2D eigenvalue weighted by Crippen LogP contribution is -2.25. The molecule has 0 saturated carbocycles. The van der Waals surface area contributed by atoms with Crippen LogP contribution in [0.25, 0.3) is 0 Å². The molecular formula is C17H16FN3O3S2. The van der Waals surface area contributed by atoms with E-state index in [-0.39, 0.29) is 12.4 Å². The van der Waals surface area contributed by atoms with Crippen molar-refractivity contribution in [3.05, 3.63) is 60.2 Å². The third-order valence-corrected chi connectivity index (χ3v) is 5.77. The van der Waals surface area contributed by atoms with E-state index >= 15 is 0 Å². The maximum absolute atomic E-state index is 13.2. The third kappa shape index (κ3) is 4.00. The van der Waals surface area contributed by atoms with Crippen LogP contribution in [0, 0.1) is 5.82 Å². The molecule has 136 valence electrons. The van der Waals surface area contributed by atoms with Gasteiger partial charge < -0.3 is 9.47 Å². The fourth-order valence-electron chi connectivity index (χ4n) is 2.29. The van der Waals surface area contributed by atoms with E-state index in [1.165, 1.54) is 30.6 Å². The van der Waals surface area contributed by atoms with Gasteiger partial charge in [-0.2, -0.15) is 4.37 Å². The number of aromatic nitrogens is 2. The molecule has 2 aromatic carbocycles. The van der Waals surface area contributed by atoms with E-state index < -0.39 is 11.0 Å². The summed E-state index contributed by atoms with van der Waals surface area (Å²) in [5, 5.41) is 0.491. The van der Waals surface area contributed by atoms with Crippen molar-refractivity contribution >= 4 is 27.6 Å². The molecule has 0 N–H and O–H groups in total. The summed E-state index contributed by atoms with van der Waals surface area (Å²) in [6, 6.07) is 10.9. The smallest absolute Gasteiger partial charge is 0.217 e. The Balaban J connectivity index is 1.95. The summed E-state index contributed by atoms with van der Waals surface area (Å²) in [5.41, 5.74) is 0.805. The molecule has 1 aromatic heterocycles. The molecule has 0 radical (unpaired) electrons. The number of ether oxygens (including phenoxy) is 2. The molecule has 1 heterocycles. The summed E-state index contributed by atoms with van der Waals surface area (Å²) < 4.78 is 42.5. The minimum atomic E-state index is -1.59. The molecule has 0 spiro atoms. The predicted molar refractivity (Wildman–Crippen MR) is 98.4 cm³/mol. The van der Waals surface area contributed by atoms with Crippen LogP contribution in [0.4, 0.5) is 9.52 Å². The summed E-state index contributed by atoms with van der Waals surface area (Å²) in [5.74, 6) is 0.882. The van der Waals surface area contributed by atoms with Crippen molar-refractivity contribution in [3.63, 3.8) is 0 Å². The minimum absolute atomic E-state index is 0.270. The van der Waals surface area contributed by atoms with Gasteiger partial charge in [0.25, 0.3) is 0 Å². The standard InChI is InChI=1S/C17H16FN3O3S2/c1-23-14-6-3-12(16(9-14)24-2)10-21(17-19-11-20-25-17)26(22)15-7-4-13(18)5-8-15/h3-9,11H,10H2,1-2H3. The fourth-order valence-corrected chi connectivity index (χ4v) is 4.10. The Morgan fingerprint density at radius 2 is 1.92 bits per heavy atom. The van der Waals surface area contributed by atoms with E-state index in [1.807, 2.05) is 6.07 Å². The van der Waals surface area contributed by atoms with E-state index in [9.17, 15) is 8.60 Å². The number of hydrogen-bond acceptors (Lipinski definition) is 6. The van der Waals surface area contributed by atoms with Crippen molar-refractivity contribution in [2.75, 3.05) is 18.5 Å². The fraction of sp³-hybridized carbons (Fsp3) is 0.176. The Labute approximate surface area is 157 Å². The van der Waals surface area contributed by atoms with Crippen LogP contribution in [-0.2, 0) is 17.5 Å². The van der Waals surface area contributed by atoms with Gasteiger partial charge in [-0.25, -0.2) is 13.6 Å². The van der Waals surface area contributed by atoms with Gasteiger partial charge in [-0.3, -0.25) is 4.31 Å². The monoisotopic (exact) mass is 393 g/mol. The average molecular weight is 393 g/mol. The van der Waals surface area contributed by atoms with Gasteiger partial charge in [0, 0.05) is 23.2 Å². The van der Waals surface area contributed by atoms with Crippen LogP contribution in [0.3, 0.4) is 0 Å². The van der Waals surface area contributed by atoms with Gasteiger partial charge in [0.2, 0.25) is 5.13 Å². The Bertz CT molecular complexity index is 889. The van der Waals surface area contributed by atoms with E-state index in [0.29, 0.717) is 21.5 Å². The molecule has 1 atom stereocenters. The zero-order valence-corrected chi connectivity index (χ0v) is 15.7. The van der Waals surface area contributed by atoms with E-state index in [1.54, 1.807) is 30.7 Å². The van der Waals surface area contributed by atoms with Gasteiger partial charge in [-0.15, -0.1) is 0 Å². The highest BCUT2D eigenvalue weighted by atomic mass is 32.2. The molecule has 0 aliphatic rings. The number of benzene rings is 2. The highest BCUT2D eigenvalue weighted by Crippen LogP contribution is 2.30. The second kappa shape index (κ2) is 8.24. The summed E-state index contributed by atoms with van der Waals surface area (Å²) in [6.45, 7) is 0.270. The molecule has 0 saturated heterocycles. The number of methoxy groups -OCH3 is 2. The number of halogens is 1. The van der Waals surface area contributed by atoms with Gasteiger partial charge in [0.05, 0.1) is 25.7 Å². The minimum Gasteiger partial charge on any atom is -0.497 e. The highest BCUT2D eigenvalue weighted by Gasteiger charge is 2.21. The maximum atomic E-state index is 13.2. The van der Waals surface area contributed by atoms with Gasteiger partial charge in [0.1, 0.15) is 23.6 Å². The molecule has 0 aliphatic carbocycles. The average Bonchev–Trinajstić information content (AvgIpc) is 3.20. The third-order valence-electron chi connectivity index (χ3n) is 3.59. The van der Waals surface area contributed by atoms with Gasteiger partial charge in [-0.1, -0.05) is 0 Å². The van der Waals surface area contributed by atoms with Crippen molar-refractivity contribution in [3.8, 4) is 11.5 Å². The van der Waals surface area contributed by atoms with Crippen LogP contribution in [0.1, 0.15) is 5.56 Å². The Morgan fingerprint density at radius 1 is 1.15 bits per heavy atom. The van der Waals surface area contributed by atoms with Crippen molar-refractivity contribution in [2.45, 2.75) is 11.4 Å². The van der Waals surface area contributed by atoms with Crippen LogP contribution in [0.15, 0.2) is 53.7 Å². The van der Waals surface area contributed by atoms with Crippen molar-refractivity contribution in [1.29, 1.82) is 0 Å². The van der Waals surface area contributed by atoms with Crippen LogP contribution in [0.5, 0.6) is 11.5 Å². The molecule has 6 nitrogen and oxygen atoms in total. The van der Waals surface area contributed by atoms with E-state index in [0.717, 1.165) is 17.1 Å². The zero-order valence-electron chi connectivity index (χ0n) is 14.1. The van der Waals surface area contributed by atoms with Crippen LogP contribution in [0.2, 0.25) is 0 Å². The molecule has 3 aromatic rings. The van der Waals surface area contributed by atoms with Crippen molar-refractivity contribution in [1.82, 2.24) is 9.36 Å². The molecule has 9 heteroatoms. The lowest BCUT2D eigenvalue weighted by atomic mass is 10.2. The normalized spacial score (nSPS) is 11.8. The second-order valence-corrected chi connectivity index (χ2v) is 7.31. The van der Waals surface area contributed by atoms with Gasteiger partial charge in [0.15, 0.2) is 11.0 Å². The molecule has 26 heavy (non-hydrogen) atoms. The Morgan fingerprint density at radius 3 is 2.54 bits per heavy atom. The second-order valence-electron chi connectivity index (χ2n) is 5.14. The highest BCUT2D eigenvalue weighted by molar-refractivity contribution is 7.86. The molecule has 1 unspecified atom stereocenters. The lowest BCUT2D eigenvalue weighted by Gasteiger charge is -2.21. The first-order valence-corrected chi connectivity index (χ1v) is 9.43. The number of rotatable bonds is 7. The zero-order chi connectivity index (χ0) is 18.5. The maximum Gasteiger partial charge on any atom is 0.217 e. The van der Waals surface area contributed by atoms with Crippen molar-refractivity contribution < 1.29 is 18.1 Å².